The van der Waals surface area contributed by atoms with E-state index in [2.05, 4.69) is 49.5 Å². The first-order valence-corrected chi connectivity index (χ1v) is 5.03. The number of rotatable bonds is 5. The lowest BCUT2D eigenvalue weighted by Gasteiger charge is -2.06. The van der Waals surface area contributed by atoms with Crippen molar-refractivity contribution in [1.82, 2.24) is 5.32 Å². The van der Waals surface area contributed by atoms with Crippen LogP contribution in [-0.2, 0) is 6.42 Å². The van der Waals surface area contributed by atoms with Crippen LogP contribution in [0.4, 0.5) is 0 Å². The van der Waals surface area contributed by atoms with E-state index in [0.717, 1.165) is 25.4 Å². The van der Waals surface area contributed by atoms with E-state index in [1.165, 1.54) is 5.56 Å². The van der Waals surface area contributed by atoms with Crippen LogP contribution in [0.15, 0.2) is 30.3 Å². The first kappa shape index (κ1) is 13.5. The average molecular weight is 214 g/mol. The van der Waals surface area contributed by atoms with Gasteiger partial charge in [-0.3, -0.25) is 0 Å². The van der Waals surface area contributed by atoms with Crippen LogP contribution < -0.4 is 5.32 Å². The highest BCUT2D eigenvalue weighted by Crippen LogP contribution is 1.98. The van der Waals surface area contributed by atoms with E-state index >= 15 is 0 Å². The van der Waals surface area contributed by atoms with Crippen LogP contribution in [-0.4, -0.2) is 13.1 Å². The molecule has 0 aliphatic carbocycles. The van der Waals surface area contributed by atoms with Crippen molar-refractivity contribution in [3.63, 3.8) is 0 Å². The second-order valence-corrected chi connectivity index (χ2v) is 3.83. The molecule has 0 aliphatic rings. The van der Waals surface area contributed by atoms with E-state index < -0.39 is 0 Å². The van der Waals surface area contributed by atoms with Gasteiger partial charge in [-0.25, -0.2) is 0 Å². The lowest BCUT2D eigenvalue weighted by Crippen LogP contribution is -2.22. The Kier molecular flexibility index (Phi) is 7.54. The molecule has 1 rings (SSSR count). The van der Waals surface area contributed by atoms with Gasteiger partial charge < -0.3 is 5.32 Å². The van der Waals surface area contributed by atoms with Gasteiger partial charge in [0.05, 0.1) is 0 Å². The molecule has 0 aliphatic heterocycles. The van der Waals surface area contributed by atoms with Gasteiger partial charge in [0.1, 0.15) is 0 Å². The molecule has 2 heteroatoms. The van der Waals surface area contributed by atoms with Gasteiger partial charge in [0, 0.05) is 0 Å². The highest BCUT2D eigenvalue weighted by molar-refractivity contribution is 5.85. The lowest BCUT2D eigenvalue weighted by molar-refractivity contribution is 0.554. The largest absolute Gasteiger partial charge is 0.316 e. The van der Waals surface area contributed by atoms with Crippen molar-refractivity contribution in [3.8, 4) is 0 Å². The van der Waals surface area contributed by atoms with Gasteiger partial charge >= 0.3 is 0 Å². The average Bonchev–Trinajstić information content (AvgIpc) is 2.14. The third-order valence-corrected chi connectivity index (χ3v) is 1.99. The number of hydrogen-bond donors (Lipinski definition) is 1. The molecule has 80 valence electrons. The number of nitrogens with one attached hydrogen (secondary N) is 1. The van der Waals surface area contributed by atoms with Gasteiger partial charge in [0.15, 0.2) is 0 Å². The highest BCUT2D eigenvalue weighted by atomic mass is 35.5. The Balaban J connectivity index is 0.00000169. The third-order valence-electron chi connectivity index (χ3n) is 1.99. The highest BCUT2D eigenvalue weighted by Gasteiger charge is 1.93. The number of halogens is 1. The molecule has 0 saturated carbocycles. The smallest absolute Gasteiger partial charge is 0.000824 e. The van der Waals surface area contributed by atoms with E-state index in [1.54, 1.807) is 0 Å². The fourth-order valence-corrected chi connectivity index (χ4v) is 1.27. The Bertz CT molecular complexity index is 221. The first-order valence-electron chi connectivity index (χ1n) is 5.03. The molecule has 0 unspecified atom stereocenters. The fraction of sp³-hybridized carbons (Fsp3) is 0.500. The van der Waals surface area contributed by atoms with E-state index in [0.29, 0.717) is 0 Å². The van der Waals surface area contributed by atoms with Gasteiger partial charge in [0.25, 0.3) is 0 Å². The van der Waals surface area contributed by atoms with Crippen molar-refractivity contribution in [3.05, 3.63) is 35.9 Å². The van der Waals surface area contributed by atoms with Crippen LogP contribution in [0.5, 0.6) is 0 Å². The summed E-state index contributed by atoms with van der Waals surface area (Å²) in [7, 11) is 0. The molecule has 0 aromatic heterocycles. The normalized spacial score (nSPS) is 9.93. The summed E-state index contributed by atoms with van der Waals surface area (Å²) in [5.74, 6) is 0.746. The Labute approximate surface area is 93.3 Å². The number of benzene rings is 1. The quantitative estimate of drug-likeness (QED) is 0.742. The lowest BCUT2D eigenvalue weighted by atomic mass is 10.1. The van der Waals surface area contributed by atoms with Gasteiger partial charge in [0.2, 0.25) is 0 Å². The molecule has 0 spiro atoms. The van der Waals surface area contributed by atoms with Gasteiger partial charge in [-0.2, -0.15) is 0 Å². The molecule has 1 aromatic rings. The maximum atomic E-state index is 3.43. The first-order chi connectivity index (χ1) is 6.29. The van der Waals surface area contributed by atoms with Crippen molar-refractivity contribution >= 4 is 12.4 Å². The molecule has 0 bridgehead atoms. The SMILES string of the molecule is CC(C)CNCCc1ccccc1.Cl. The summed E-state index contributed by atoms with van der Waals surface area (Å²) in [5.41, 5.74) is 1.42. The molecular formula is C12H20ClN. The zero-order valence-electron chi connectivity index (χ0n) is 8.99. The van der Waals surface area contributed by atoms with Crippen LogP contribution in [0.3, 0.4) is 0 Å². The maximum absolute atomic E-state index is 3.43. The Morgan fingerprint density at radius 3 is 2.36 bits per heavy atom. The molecule has 0 fully saturated rings. The summed E-state index contributed by atoms with van der Waals surface area (Å²) in [5, 5.41) is 3.43. The van der Waals surface area contributed by atoms with Crippen LogP contribution in [0.2, 0.25) is 0 Å². The molecular weight excluding hydrogens is 194 g/mol. The molecule has 1 nitrogen and oxygen atoms in total. The topological polar surface area (TPSA) is 12.0 Å². The van der Waals surface area contributed by atoms with Crippen LogP contribution in [0, 0.1) is 5.92 Å². The minimum absolute atomic E-state index is 0. The Hall–Kier alpha value is -0.530. The molecule has 0 heterocycles. The second-order valence-electron chi connectivity index (χ2n) is 3.83. The van der Waals surface area contributed by atoms with Crippen molar-refractivity contribution in [1.29, 1.82) is 0 Å². The zero-order valence-corrected chi connectivity index (χ0v) is 9.81. The second kappa shape index (κ2) is 7.84. The van der Waals surface area contributed by atoms with Gasteiger partial charge in [-0.05, 0) is 31.0 Å². The summed E-state index contributed by atoms with van der Waals surface area (Å²) in [6.45, 7) is 6.67. The summed E-state index contributed by atoms with van der Waals surface area (Å²) in [6.07, 6.45) is 1.13. The minimum Gasteiger partial charge on any atom is -0.316 e. The summed E-state index contributed by atoms with van der Waals surface area (Å²) in [4.78, 5) is 0. The van der Waals surface area contributed by atoms with Crippen molar-refractivity contribution in [2.24, 2.45) is 5.92 Å². The van der Waals surface area contributed by atoms with E-state index in [-0.39, 0.29) is 12.4 Å². The molecule has 14 heavy (non-hydrogen) atoms. The van der Waals surface area contributed by atoms with Crippen molar-refractivity contribution < 1.29 is 0 Å². The van der Waals surface area contributed by atoms with Crippen LogP contribution in [0.1, 0.15) is 19.4 Å². The molecule has 0 saturated heterocycles. The molecule has 1 N–H and O–H groups in total. The van der Waals surface area contributed by atoms with Crippen LogP contribution >= 0.6 is 12.4 Å². The maximum Gasteiger partial charge on any atom is -0.000824 e. The molecule has 0 atom stereocenters. The third kappa shape index (κ3) is 6.01. The minimum atomic E-state index is 0. The Morgan fingerprint density at radius 1 is 1.14 bits per heavy atom. The molecule has 0 amide bonds. The summed E-state index contributed by atoms with van der Waals surface area (Å²) < 4.78 is 0. The fourth-order valence-electron chi connectivity index (χ4n) is 1.27. The van der Waals surface area contributed by atoms with Gasteiger partial charge in [-0.1, -0.05) is 44.2 Å². The monoisotopic (exact) mass is 213 g/mol. The number of hydrogen-bond acceptors (Lipinski definition) is 1. The molecule has 1 aromatic carbocycles. The zero-order chi connectivity index (χ0) is 9.52. The molecule has 0 radical (unpaired) electrons. The van der Waals surface area contributed by atoms with E-state index in [1.807, 2.05) is 0 Å². The predicted molar refractivity (Wildman–Crippen MR) is 65.1 cm³/mol. The van der Waals surface area contributed by atoms with Crippen molar-refractivity contribution in [2.75, 3.05) is 13.1 Å². The predicted octanol–water partition coefficient (Wildman–Crippen LogP) is 2.90. The Morgan fingerprint density at radius 2 is 1.79 bits per heavy atom. The standard InChI is InChI=1S/C12H19N.ClH/c1-11(2)10-13-9-8-12-6-4-3-5-7-12;/h3-7,11,13H,8-10H2,1-2H3;1H. The van der Waals surface area contributed by atoms with E-state index in [4.69, 9.17) is 0 Å². The van der Waals surface area contributed by atoms with E-state index in [9.17, 15) is 0 Å². The van der Waals surface area contributed by atoms with Crippen LogP contribution in [0.25, 0.3) is 0 Å². The van der Waals surface area contributed by atoms with Gasteiger partial charge in [-0.15, -0.1) is 12.4 Å². The van der Waals surface area contributed by atoms with Crippen molar-refractivity contribution in [2.45, 2.75) is 20.3 Å². The summed E-state index contributed by atoms with van der Waals surface area (Å²) in [6, 6.07) is 10.6. The summed E-state index contributed by atoms with van der Waals surface area (Å²) >= 11 is 0.